The Morgan fingerprint density at radius 2 is 1.65 bits per heavy atom. The van der Waals surface area contributed by atoms with Crippen LogP contribution in [-0.4, -0.2) is 42.8 Å². The molecule has 1 amide bonds. The fraction of sp³-hybridized carbons (Fsp3) is 0.727. The molecule has 0 aliphatic rings. The zero-order valence-electron chi connectivity index (χ0n) is 11.5. The Kier molecular flexibility index (Phi) is 5.98. The maximum atomic E-state index is 12.3. The van der Waals surface area contributed by atoms with E-state index in [0.717, 1.165) is 7.11 Å². The average Bonchev–Trinajstić information content (AvgIpc) is 2.22. The predicted molar refractivity (Wildman–Crippen MR) is 60.9 cm³/mol. The summed E-state index contributed by atoms with van der Waals surface area (Å²) in [6, 6.07) is -2.09. The Labute approximate surface area is 113 Å². The molecule has 0 saturated heterocycles. The highest BCUT2D eigenvalue weighted by Crippen LogP contribution is 2.20. The normalized spacial score (nSPS) is 13.3. The van der Waals surface area contributed by atoms with Crippen LogP contribution in [0, 0.1) is 0 Å². The molecule has 0 radical (unpaired) electrons. The lowest BCUT2D eigenvalue weighted by molar-refractivity contribution is -0.174. The molecule has 0 heterocycles. The fourth-order valence-electron chi connectivity index (χ4n) is 1.11. The number of carbonyl (C=O) groups excluding carboxylic acids is 3. The first-order valence-corrected chi connectivity index (χ1v) is 5.54. The Balaban J connectivity index is 4.91. The molecule has 0 aromatic carbocycles. The summed E-state index contributed by atoms with van der Waals surface area (Å²) in [6.07, 6.45) is -7.36. The summed E-state index contributed by atoms with van der Waals surface area (Å²) >= 11 is 0. The molecule has 1 unspecified atom stereocenters. The number of hydrogen-bond acceptors (Lipinski definition) is 5. The summed E-state index contributed by atoms with van der Waals surface area (Å²) in [4.78, 5) is 33.5. The van der Waals surface area contributed by atoms with E-state index in [1.165, 1.54) is 20.8 Å². The predicted octanol–water partition coefficient (Wildman–Crippen LogP) is 1.57. The third kappa shape index (κ3) is 6.95. The van der Waals surface area contributed by atoms with Crippen LogP contribution in [0.2, 0.25) is 0 Å². The SMILES string of the molecule is COC(=O)CC(NC(=O)OC(C)(C)C)C(=O)C(F)(F)F. The van der Waals surface area contributed by atoms with E-state index in [-0.39, 0.29) is 0 Å². The average molecular weight is 299 g/mol. The molecule has 116 valence electrons. The number of esters is 1. The number of amides is 1. The van der Waals surface area contributed by atoms with Crippen molar-refractivity contribution in [2.45, 2.75) is 45.0 Å². The van der Waals surface area contributed by atoms with Crippen LogP contribution in [0.3, 0.4) is 0 Å². The first-order valence-electron chi connectivity index (χ1n) is 5.54. The van der Waals surface area contributed by atoms with E-state index in [4.69, 9.17) is 4.74 Å². The van der Waals surface area contributed by atoms with E-state index in [2.05, 4.69) is 4.74 Å². The Bertz CT molecular complexity index is 387. The van der Waals surface area contributed by atoms with E-state index >= 15 is 0 Å². The van der Waals surface area contributed by atoms with E-state index in [1.807, 2.05) is 0 Å². The number of carbonyl (C=O) groups is 3. The summed E-state index contributed by atoms with van der Waals surface area (Å²) in [5.41, 5.74) is -0.957. The number of alkyl halides is 3. The molecular formula is C11H16F3NO5. The summed E-state index contributed by atoms with van der Waals surface area (Å²) in [5.74, 6) is -3.32. The van der Waals surface area contributed by atoms with Crippen molar-refractivity contribution < 1.29 is 37.0 Å². The standard InChI is InChI=1S/C11H16F3NO5/c1-10(2,3)20-9(18)15-6(5-7(16)19-4)8(17)11(12,13)14/h6H,5H2,1-4H3,(H,15,18). The quantitative estimate of drug-likeness (QED) is 0.797. The summed E-state index contributed by atoms with van der Waals surface area (Å²) in [5, 5.41) is 1.71. The monoisotopic (exact) mass is 299 g/mol. The second-order valence-corrected chi connectivity index (χ2v) is 4.84. The van der Waals surface area contributed by atoms with Crippen molar-refractivity contribution >= 4 is 17.8 Å². The second kappa shape index (κ2) is 6.58. The van der Waals surface area contributed by atoms with Gasteiger partial charge < -0.3 is 14.8 Å². The van der Waals surface area contributed by atoms with Gasteiger partial charge in [0.25, 0.3) is 5.78 Å². The van der Waals surface area contributed by atoms with Gasteiger partial charge in [-0.2, -0.15) is 13.2 Å². The molecule has 1 atom stereocenters. The molecule has 0 aliphatic heterocycles. The number of methoxy groups -OCH3 is 1. The third-order valence-corrected chi connectivity index (χ3v) is 1.89. The molecule has 1 N–H and O–H groups in total. The van der Waals surface area contributed by atoms with Crippen LogP contribution in [0.1, 0.15) is 27.2 Å². The van der Waals surface area contributed by atoms with Gasteiger partial charge in [0, 0.05) is 0 Å². The van der Waals surface area contributed by atoms with Crippen LogP contribution in [0.25, 0.3) is 0 Å². The highest BCUT2D eigenvalue weighted by Gasteiger charge is 2.45. The van der Waals surface area contributed by atoms with Gasteiger partial charge in [-0.1, -0.05) is 0 Å². The molecule has 0 saturated carbocycles. The van der Waals surface area contributed by atoms with Crippen molar-refractivity contribution in [1.82, 2.24) is 5.32 Å². The van der Waals surface area contributed by atoms with Crippen LogP contribution in [0.5, 0.6) is 0 Å². The van der Waals surface area contributed by atoms with Crippen LogP contribution >= 0.6 is 0 Å². The number of rotatable bonds is 4. The van der Waals surface area contributed by atoms with Gasteiger partial charge in [0.1, 0.15) is 11.6 Å². The Morgan fingerprint density at radius 3 is 2.00 bits per heavy atom. The molecule has 6 nitrogen and oxygen atoms in total. The van der Waals surface area contributed by atoms with E-state index in [1.54, 1.807) is 5.32 Å². The van der Waals surface area contributed by atoms with Crippen molar-refractivity contribution in [3.05, 3.63) is 0 Å². The lowest BCUT2D eigenvalue weighted by Crippen LogP contribution is -2.49. The number of hydrogen-bond donors (Lipinski definition) is 1. The van der Waals surface area contributed by atoms with Crippen molar-refractivity contribution in [3.8, 4) is 0 Å². The topological polar surface area (TPSA) is 81.7 Å². The molecule has 0 bridgehead atoms. The first kappa shape index (κ1) is 18.2. The number of Topliss-reactive ketones (excluding diaryl/α,β-unsaturated/α-hetero) is 1. The lowest BCUT2D eigenvalue weighted by atomic mass is 10.1. The molecule has 0 rings (SSSR count). The van der Waals surface area contributed by atoms with Gasteiger partial charge in [0.05, 0.1) is 13.5 Å². The smallest absolute Gasteiger partial charge is 0.452 e. The molecule has 9 heteroatoms. The minimum absolute atomic E-state index is 0.936. The van der Waals surface area contributed by atoms with E-state index in [0.29, 0.717) is 0 Å². The minimum atomic E-state index is -5.19. The first-order chi connectivity index (χ1) is 8.86. The maximum absolute atomic E-state index is 12.3. The number of nitrogens with one attached hydrogen (secondary N) is 1. The van der Waals surface area contributed by atoms with Crippen LogP contribution in [-0.2, 0) is 19.1 Å². The molecule has 0 aromatic rings. The Morgan fingerprint density at radius 1 is 1.15 bits per heavy atom. The van der Waals surface area contributed by atoms with Gasteiger partial charge in [-0.3, -0.25) is 9.59 Å². The molecule has 0 spiro atoms. The number of alkyl carbamates (subject to hydrolysis) is 1. The molecular weight excluding hydrogens is 283 g/mol. The number of halogens is 3. The summed E-state index contributed by atoms with van der Waals surface area (Å²) < 4.78 is 45.9. The van der Waals surface area contributed by atoms with Gasteiger partial charge in [0.2, 0.25) is 0 Å². The fourth-order valence-corrected chi connectivity index (χ4v) is 1.11. The molecule has 0 aromatic heterocycles. The van der Waals surface area contributed by atoms with Gasteiger partial charge in [0.15, 0.2) is 0 Å². The van der Waals surface area contributed by atoms with E-state index in [9.17, 15) is 27.6 Å². The second-order valence-electron chi connectivity index (χ2n) is 4.84. The van der Waals surface area contributed by atoms with Crippen LogP contribution < -0.4 is 5.32 Å². The molecule has 0 aliphatic carbocycles. The van der Waals surface area contributed by atoms with Gasteiger partial charge in [-0.05, 0) is 20.8 Å². The highest BCUT2D eigenvalue weighted by atomic mass is 19.4. The van der Waals surface area contributed by atoms with Gasteiger partial charge in [-0.15, -0.1) is 0 Å². The zero-order valence-corrected chi connectivity index (χ0v) is 11.5. The van der Waals surface area contributed by atoms with Crippen molar-refractivity contribution in [2.75, 3.05) is 7.11 Å². The van der Waals surface area contributed by atoms with E-state index < -0.39 is 42.1 Å². The Hall–Kier alpha value is -1.80. The van der Waals surface area contributed by atoms with Gasteiger partial charge in [-0.25, -0.2) is 4.79 Å². The van der Waals surface area contributed by atoms with Crippen LogP contribution in [0.4, 0.5) is 18.0 Å². The molecule has 20 heavy (non-hydrogen) atoms. The summed E-state index contributed by atoms with van der Waals surface area (Å²) in [6.45, 7) is 4.48. The number of ether oxygens (including phenoxy) is 2. The largest absolute Gasteiger partial charge is 0.469 e. The van der Waals surface area contributed by atoms with Crippen LogP contribution in [0.15, 0.2) is 0 Å². The minimum Gasteiger partial charge on any atom is -0.469 e. The maximum Gasteiger partial charge on any atom is 0.452 e. The van der Waals surface area contributed by atoms with Crippen molar-refractivity contribution in [2.24, 2.45) is 0 Å². The lowest BCUT2D eigenvalue weighted by Gasteiger charge is -2.23. The number of ketones is 1. The molecule has 0 fully saturated rings. The zero-order chi connectivity index (χ0) is 16.1. The summed E-state index contributed by atoms with van der Waals surface area (Å²) in [7, 11) is 0.949. The van der Waals surface area contributed by atoms with Crippen molar-refractivity contribution in [3.63, 3.8) is 0 Å². The third-order valence-electron chi connectivity index (χ3n) is 1.89. The van der Waals surface area contributed by atoms with Gasteiger partial charge >= 0.3 is 18.2 Å². The van der Waals surface area contributed by atoms with Crippen molar-refractivity contribution in [1.29, 1.82) is 0 Å². The highest BCUT2D eigenvalue weighted by molar-refractivity contribution is 5.94.